The second-order valence-corrected chi connectivity index (χ2v) is 11.2. The molecule has 1 aliphatic carbocycles. The van der Waals surface area contributed by atoms with Crippen molar-refractivity contribution in [3.63, 3.8) is 0 Å². The van der Waals surface area contributed by atoms with E-state index in [9.17, 15) is 31.1 Å². The van der Waals surface area contributed by atoms with Gasteiger partial charge in [0.05, 0.1) is 16.5 Å². The lowest BCUT2D eigenvalue weighted by Crippen LogP contribution is -2.45. The fraction of sp³-hybridized carbons (Fsp3) is 0.731. The molecule has 36 heavy (non-hydrogen) atoms. The van der Waals surface area contributed by atoms with Gasteiger partial charge in [-0.05, 0) is 66.8 Å². The molecule has 0 spiro atoms. The number of nitrogens with one attached hydrogen (secondary N) is 1. The zero-order valence-electron chi connectivity index (χ0n) is 20.6. The first kappa shape index (κ1) is 27.2. The Morgan fingerprint density at radius 3 is 2.14 bits per heavy atom. The molecule has 1 amide bonds. The van der Waals surface area contributed by atoms with Gasteiger partial charge < -0.3 is 15.0 Å². The van der Waals surface area contributed by atoms with Crippen molar-refractivity contribution in [2.24, 2.45) is 29.1 Å². The van der Waals surface area contributed by atoms with Crippen LogP contribution >= 0.6 is 0 Å². The number of nitrogens with zero attached hydrogens (tertiary/aromatic N) is 1. The minimum atomic E-state index is -4.92. The average molecular weight is 521 g/mol. The topological polar surface area (TPSA) is 41.6 Å². The van der Waals surface area contributed by atoms with E-state index in [0.717, 1.165) is 25.9 Å². The Bertz CT molecular complexity index is 903. The third kappa shape index (κ3) is 6.36. The van der Waals surface area contributed by atoms with Crippen LogP contribution in [0.2, 0.25) is 0 Å². The number of halogens is 6. The zero-order chi connectivity index (χ0) is 26.3. The lowest BCUT2D eigenvalue weighted by atomic mass is 9.80. The molecule has 4 rings (SSSR count). The fourth-order valence-corrected chi connectivity index (χ4v) is 5.83. The van der Waals surface area contributed by atoms with Crippen molar-refractivity contribution in [1.29, 1.82) is 0 Å². The standard InChI is InChI=1S/C26H34F6N2O2/c1-16-13-36-14-17(2)22(16)12-34-6-5-24(15-34,10-18-3-4-18)23(35)33-11-19-7-20(25(27,28)29)9-21(8-19)26(30,31)32/h7-9,16-18,22H,3-6,10-15H2,1-2H3,(H,33,35). The van der Waals surface area contributed by atoms with Gasteiger partial charge in [0, 0.05) is 32.8 Å². The molecule has 0 bridgehead atoms. The van der Waals surface area contributed by atoms with E-state index >= 15 is 0 Å². The third-order valence-corrected chi connectivity index (χ3v) is 8.08. The molecule has 2 aliphatic heterocycles. The first-order valence-corrected chi connectivity index (χ1v) is 12.6. The second kappa shape index (κ2) is 10.2. The summed E-state index contributed by atoms with van der Waals surface area (Å²) in [5.74, 6) is 1.43. The minimum Gasteiger partial charge on any atom is -0.381 e. The monoisotopic (exact) mass is 520 g/mol. The number of hydrogen-bond donors (Lipinski definition) is 1. The number of rotatable bonds is 7. The lowest BCUT2D eigenvalue weighted by Gasteiger charge is -2.37. The molecule has 1 N–H and O–H groups in total. The normalized spacial score (nSPS) is 29.9. The molecular weight excluding hydrogens is 486 g/mol. The van der Waals surface area contributed by atoms with E-state index in [0.29, 0.717) is 68.4 Å². The van der Waals surface area contributed by atoms with Crippen molar-refractivity contribution < 1.29 is 35.9 Å². The summed E-state index contributed by atoms with van der Waals surface area (Å²) in [6.07, 6.45) is -6.41. The van der Waals surface area contributed by atoms with Crippen molar-refractivity contribution in [2.75, 3.05) is 32.8 Å². The highest BCUT2D eigenvalue weighted by molar-refractivity contribution is 5.83. The van der Waals surface area contributed by atoms with Crippen LogP contribution in [0.25, 0.3) is 0 Å². The van der Waals surface area contributed by atoms with Crippen LogP contribution in [0.15, 0.2) is 18.2 Å². The van der Waals surface area contributed by atoms with Crippen molar-refractivity contribution in [2.45, 2.75) is 58.4 Å². The maximum atomic E-state index is 13.4. The molecule has 0 radical (unpaired) electrons. The van der Waals surface area contributed by atoms with Crippen LogP contribution in [-0.4, -0.2) is 43.7 Å². The van der Waals surface area contributed by atoms with E-state index in [1.165, 1.54) is 0 Å². The Labute approximate surface area is 207 Å². The Kier molecular flexibility index (Phi) is 7.68. The van der Waals surface area contributed by atoms with Crippen LogP contribution in [0.4, 0.5) is 26.3 Å². The van der Waals surface area contributed by atoms with E-state index in [-0.39, 0.29) is 24.1 Å². The highest BCUT2D eigenvalue weighted by Gasteiger charge is 2.48. The number of ether oxygens (including phenoxy) is 1. The summed E-state index contributed by atoms with van der Waals surface area (Å²) in [6, 6.07) is 1.46. The van der Waals surface area contributed by atoms with Gasteiger partial charge in [-0.1, -0.05) is 26.7 Å². The van der Waals surface area contributed by atoms with Crippen LogP contribution in [-0.2, 0) is 28.4 Å². The number of likely N-dealkylation sites (tertiary alicyclic amines) is 1. The molecule has 2 heterocycles. The largest absolute Gasteiger partial charge is 0.416 e. The van der Waals surface area contributed by atoms with Gasteiger partial charge >= 0.3 is 12.4 Å². The maximum absolute atomic E-state index is 13.4. The van der Waals surface area contributed by atoms with E-state index in [1.54, 1.807) is 0 Å². The van der Waals surface area contributed by atoms with E-state index in [1.807, 2.05) is 0 Å². The second-order valence-electron chi connectivity index (χ2n) is 11.2. The summed E-state index contributed by atoms with van der Waals surface area (Å²) in [5.41, 5.74) is -3.64. The van der Waals surface area contributed by atoms with Gasteiger partial charge in [0.15, 0.2) is 0 Å². The van der Waals surface area contributed by atoms with Crippen LogP contribution in [0.5, 0.6) is 0 Å². The zero-order valence-corrected chi connectivity index (χ0v) is 20.6. The molecule has 202 valence electrons. The third-order valence-electron chi connectivity index (χ3n) is 8.08. The number of alkyl halides is 6. The Hall–Kier alpha value is -1.81. The SMILES string of the molecule is CC1COCC(C)C1CN1CCC(CC2CC2)(C(=O)NCc2cc(C(F)(F)F)cc(C(F)(F)F)c2)C1. The summed E-state index contributed by atoms with van der Waals surface area (Å²) in [6.45, 7) is 7.55. The smallest absolute Gasteiger partial charge is 0.381 e. The predicted octanol–water partition coefficient (Wildman–Crippen LogP) is 5.75. The first-order chi connectivity index (χ1) is 16.8. The predicted molar refractivity (Wildman–Crippen MR) is 122 cm³/mol. The summed E-state index contributed by atoms with van der Waals surface area (Å²) in [4.78, 5) is 15.7. The number of benzene rings is 1. The number of amides is 1. The van der Waals surface area contributed by atoms with Gasteiger partial charge in [-0.25, -0.2) is 0 Å². The van der Waals surface area contributed by atoms with Gasteiger partial charge in [0.2, 0.25) is 5.91 Å². The van der Waals surface area contributed by atoms with Crippen LogP contribution in [0.1, 0.15) is 56.2 Å². The maximum Gasteiger partial charge on any atom is 0.416 e. The average Bonchev–Trinajstić information content (AvgIpc) is 3.50. The van der Waals surface area contributed by atoms with Crippen molar-refractivity contribution in [3.8, 4) is 0 Å². The van der Waals surface area contributed by atoms with Gasteiger partial charge in [0.1, 0.15) is 0 Å². The quantitative estimate of drug-likeness (QED) is 0.466. The molecule has 2 saturated heterocycles. The highest BCUT2D eigenvalue weighted by atomic mass is 19.4. The molecule has 3 fully saturated rings. The molecule has 4 nitrogen and oxygen atoms in total. The summed E-state index contributed by atoms with van der Waals surface area (Å²) >= 11 is 0. The minimum absolute atomic E-state index is 0.104. The van der Waals surface area contributed by atoms with Crippen LogP contribution in [0.3, 0.4) is 0 Å². The Morgan fingerprint density at radius 1 is 1.03 bits per heavy atom. The molecule has 10 heteroatoms. The molecular formula is C26H34F6N2O2. The van der Waals surface area contributed by atoms with Gasteiger partial charge in [0.25, 0.3) is 0 Å². The van der Waals surface area contributed by atoms with Gasteiger partial charge in [-0.3, -0.25) is 4.79 Å². The molecule has 3 atom stereocenters. The van der Waals surface area contributed by atoms with E-state index < -0.39 is 28.9 Å². The van der Waals surface area contributed by atoms with Crippen LogP contribution < -0.4 is 5.32 Å². The van der Waals surface area contributed by atoms with E-state index in [4.69, 9.17) is 4.74 Å². The molecule has 1 aromatic rings. The number of carbonyl (C=O) groups excluding carboxylic acids is 1. The Morgan fingerprint density at radius 2 is 1.61 bits per heavy atom. The van der Waals surface area contributed by atoms with Crippen molar-refractivity contribution >= 4 is 5.91 Å². The molecule has 3 unspecified atom stereocenters. The highest BCUT2D eigenvalue weighted by Crippen LogP contribution is 2.46. The summed E-state index contributed by atoms with van der Waals surface area (Å²) in [7, 11) is 0. The van der Waals surface area contributed by atoms with E-state index in [2.05, 4.69) is 24.1 Å². The van der Waals surface area contributed by atoms with Crippen LogP contribution in [0, 0.1) is 29.1 Å². The molecule has 1 aromatic carbocycles. The summed E-state index contributed by atoms with van der Waals surface area (Å²) in [5, 5.41) is 2.69. The number of carbonyl (C=O) groups is 1. The van der Waals surface area contributed by atoms with Crippen molar-refractivity contribution in [3.05, 3.63) is 34.9 Å². The Balaban J connectivity index is 1.47. The number of hydrogen-bond acceptors (Lipinski definition) is 3. The summed E-state index contributed by atoms with van der Waals surface area (Å²) < 4.78 is 84.9. The fourth-order valence-electron chi connectivity index (χ4n) is 5.83. The van der Waals surface area contributed by atoms with Gasteiger partial charge in [-0.2, -0.15) is 26.3 Å². The molecule has 0 aromatic heterocycles. The lowest BCUT2D eigenvalue weighted by molar-refractivity contribution is -0.143. The first-order valence-electron chi connectivity index (χ1n) is 12.6. The van der Waals surface area contributed by atoms with Gasteiger partial charge in [-0.15, -0.1) is 0 Å². The van der Waals surface area contributed by atoms with Crippen molar-refractivity contribution in [1.82, 2.24) is 10.2 Å². The molecule has 1 saturated carbocycles. The molecule has 3 aliphatic rings.